The molecule has 0 unspecified atom stereocenters. The number of benzene rings is 1. The summed E-state index contributed by atoms with van der Waals surface area (Å²) in [5.41, 5.74) is 2.36. The summed E-state index contributed by atoms with van der Waals surface area (Å²) in [4.78, 5) is 15.7. The fourth-order valence-corrected chi connectivity index (χ4v) is 4.51. The third-order valence-corrected chi connectivity index (χ3v) is 5.92. The average molecular weight is 361 g/mol. The fraction of sp³-hybridized carbons (Fsp3) is 0.381. The fourth-order valence-electron chi connectivity index (χ4n) is 4.51. The van der Waals surface area contributed by atoms with Crippen molar-refractivity contribution in [1.82, 2.24) is 24.2 Å². The van der Waals surface area contributed by atoms with Gasteiger partial charge in [0.25, 0.3) is 0 Å². The van der Waals surface area contributed by atoms with Gasteiger partial charge in [-0.05, 0) is 31.0 Å². The molecule has 5 rings (SSSR count). The van der Waals surface area contributed by atoms with Crippen LogP contribution in [0.2, 0.25) is 0 Å². The Balaban J connectivity index is 1.48. The van der Waals surface area contributed by atoms with Crippen molar-refractivity contribution in [3.8, 4) is 0 Å². The monoisotopic (exact) mass is 361 g/mol. The van der Waals surface area contributed by atoms with Gasteiger partial charge in [0.15, 0.2) is 0 Å². The summed E-state index contributed by atoms with van der Waals surface area (Å²) in [6, 6.07) is 14.6. The van der Waals surface area contributed by atoms with Gasteiger partial charge in [0.1, 0.15) is 11.6 Å². The van der Waals surface area contributed by atoms with Crippen molar-refractivity contribution < 1.29 is 4.79 Å². The lowest BCUT2D eigenvalue weighted by Crippen LogP contribution is -2.46. The average Bonchev–Trinajstić information content (AvgIpc) is 3.34. The number of nitrogens with zero attached hydrogens (tertiary/aromatic N) is 5. The highest BCUT2D eigenvalue weighted by atomic mass is 16.2. The number of aromatic nitrogens is 4. The van der Waals surface area contributed by atoms with Gasteiger partial charge in [-0.15, -0.1) is 10.2 Å². The smallest absolute Gasteiger partial charge is 0.228 e. The molecule has 0 N–H and O–H groups in total. The van der Waals surface area contributed by atoms with Crippen LogP contribution in [0.4, 0.5) is 0 Å². The quantitative estimate of drug-likeness (QED) is 0.705. The first-order valence-electron chi connectivity index (χ1n) is 9.61. The molecule has 0 aliphatic carbocycles. The van der Waals surface area contributed by atoms with E-state index in [1.807, 2.05) is 25.1 Å². The number of hydrogen-bond acceptors (Lipinski definition) is 3. The van der Waals surface area contributed by atoms with E-state index >= 15 is 0 Å². The molecule has 1 aromatic carbocycles. The SMILES string of the molecule is Cc1nnc2n1C[C@H](C(=O)N1CCn3cccc3[C@H]1c1ccccc1)CC2. The van der Waals surface area contributed by atoms with Gasteiger partial charge in [-0.1, -0.05) is 30.3 Å². The summed E-state index contributed by atoms with van der Waals surface area (Å²) in [7, 11) is 0. The molecule has 6 heteroatoms. The molecular formula is C21H23N5O. The van der Waals surface area contributed by atoms with Gasteiger partial charge < -0.3 is 14.0 Å². The Labute approximate surface area is 158 Å². The van der Waals surface area contributed by atoms with E-state index in [0.717, 1.165) is 37.6 Å². The molecule has 2 aliphatic heterocycles. The van der Waals surface area contributed by atoms with Gasteiger partial charge in [0.2, 0.25) is 5.91 Å². The highest BCUT2D eigenvalue weighted by Gasteiger charge is 2.37. The third-order valence-electron chi connectivity index (χ3n) is 5.92. The summed E-state index contributed by atoms with van der Waals surface area (Å²) >= 11 is 0. The Kier molecular flexibility index (Phi) is 3.85. The largest absolute Gasteiger partial charge is 0.348 e. The molecule has 0 bridgehead atoms. The standard InChI is InChI=1S/C21H23N5O/c1-15-22-23-19-10-9-17(14-26(15)19)21(27)25-13-12-24-11-5-8-18(24)20(25)16-6-3-2-4-7-16/h2-8,11,17,20H,9-10,12-14H2,1H3/t17-,20-/m1/s1. The minimum absolute atomic E-state index is 0.0140. The zero-order valence-electron chi connectivity index (χ0n) is 15.5. The van der Waals surface area contributed by atoms with Crippen LogP contribution in [-0.4, -0.2) is 36.7 Å². The van der Waals surface area contributed by atoms with Gasteiger partial charge >= 0.3 is 0 Å². The predicted octanol–water partition coefficient (Wildman–Crippen LogP) is 2.58. The van der Waals surface area contributed by atoms with Crippen LogP contribution in [0.15, 0.2) is 48.7 Å². The number of carbonyl (C=O) groups is 1. The third kappa shape index (κ3) is 2.67. The first-order valence-corrected chi connectivity index (χ1v) is 9.61. The zero-order valence-corrected chi connectivity index (χ0v) is 15.5. The van der Waals surface area contributed by atoms with Crippen molar-refractivity contribution in [2.24, 2.45) is 5.92 Å². The molecule has 4 heterocycles. The molecule has 27 heavy (non-hydrogen) atoms. The highest BCUT2D eigenvalue weighted by Crippen LogP contribution is 2.34. The number of carbonyl (C=O) groups excluding carboxylic acids is 1. The van der Waals surface area contributed by atoms with Crippen molar-refractivity contribution in [1.29, 1.82) is 0 Å². The van der Waals surface area contributed by atoms with Crippen LogP contribution in [0, 0.1) is 12.8 Å². The molecule has 6 nitrogen and oxygen atoms in total. The van der Waals surface area contributed by atoms with E-state index in [1.54, 1.807) is 0 Å². The molecule has 138 valence electrons. The minimum atomic E-state index is -0.0224. The number of rotatable bonds is 2. The van der Waals surface area contributed by atoms with Crippen molar-refractivity contribution in [3.63, 3.8) is 0 Å². The van der Waals surface area contributed by atoms with Crippen LogP contribution in [-0.2, 0) is 24.3 Å². The minimum Gasteiger partial charge on any atom is -0.348 e. The molecule has 1 amide bonds. The van der Waals surface area contributed by atoms with Crippen LogP contribution < -0.4 is 0 Å². The van der Waals surface area contributed by atoms with Crippen molar-refractivity contribution in [3.05, 3.63) is 71.6 Å². The molecule has 2 aliphatic rings. The Morgan fingerprint density at radius 3 is 2.78 bits per heavy atom. The van der Waals surface area contributed by atoms with E-state index in [4.69, 9.17) is 0 Å². The number of aryl methyl sites for hydroxylation is 2. The van der Waals surface area contributed by atoms with E-state index < -0.39 is 0 Å². The zero-order chi connectivity index (χ0) is 18.4. The number of amides is 1. The van der Waals surface area contributed by atoms with E-state index in [9.17, 15) is 4.79 Å². The van der Waals surface area contributed by atoms with E-state index in [-0.39, 0.29) is 17.9 Å². The lowest BCUT2D eigenvalue weighted by atomic mass is 9.94. The lowest BCUT2D eigenvalue weighted by molar-refractivity contribution is -0.139. The summed E-state index contributed by atoms with van der Waals surface area (Å²) in [6.45, 7) is 4.24. The maximum Gasteiger partial charge on any atom is 0.228 e. The van der Waals surface area contributed by atoms with Crippen molar-refractivity contribution in [2.45, 2.75) is 38.9 Å². The van der Waals surface area contributed by atoms with Crippen molar-refractivity contribution in [2.75, 3.05) is 6.54 Å². The van der Waals surface area contributed by atoms with E-state index in [0.29, 0.717) is 6.54 Å². The molecule has 2 aromatic heterocycles. The van der Waals surface area contributed by atoms with Gasteiger partial charge in [-0.25, -0.2) is 0 Å². The molecule has 0 saturated heterocycles. The van der Waals surface area contributed by atoms with Gasteiger partial charge in [-0.3, -0.25) is 4.79 Å². The second-order valence-electron chi connectivity index (χ2n) is 7.48. The normalized spacial score (nSPS) is 21.6. The lowest BCUT2D eigenvalue weighted by Gasteiger charge is -2.40. The summed E-state index contributed by atoms with van der Waals surface area (Å²) in [5.74, 6) is 2.13. The topological polar surface area (TPSA) is 56.0 Å². The molecule has 0 saturated carbocycles. The number of fused-ring (bicyclic) bond motifs is 2. The van der Waals surface area contributed by atoms with Crippen LogP contribution in [0.3, 0.4) is 0 Å². The summed E-state index contributed by atoms with van der Waals surface area (Å²) < 4.78 is 4.38. The second-order valence-corrected chi connectivity index (χ2v) is 7.48. The molecule has 3 aromatic rings. The summed E-state index contributed by atoms with van der Waals surface area (Å²) in [5, 5.41) is 8.41. The highest BCUT2D eigenvalue weighted by molar-refractivity contribution is 5.80. The first-order chi connectivity index (χ1) is 13.2. The summed E-state index contributed by atoms with van der Waals surface area (Å²) in [6.07, 6.45) is 3.77. The van der Waals surface area contributed by atoms with Gasteiger partial charge in [0, 0.05) is 37.9 Å². The predicted molar refractivity (Wildman–Crippen MR) is 101 cm³/mol. The Morgan fingerprint density at radius 1 is 1.07 bits per heavy atom. The first kappa shape index (κ1) is 16.3. The molecule has 0 fully saturated rings. The Morgan fingerprint density at radius 2 is 1.93 bits per heavy atom. The maximum atomic E-state index is 13.6. The molecule has 2 atom stereocenters. The van der Waals surface area contributed by atoms with E-state index in [2.05, 4.69) is 54.7 Å². The molecule has 0 spiro atoms. The maximum absolute atomic E-state index is 13.6. The van der Waals surface area contributed by atoms with Crippen LogP contribution in [0.5, 0.6) is 0 Å². The van der Waals surface area contributed by atoms with Gasteiger partial charge in [0.05, 0.1) is 12.0 Å². The Bertz CT molecular complexity index is 974. The molecule has 0 radical (unpaired) electrons. The van der Waals surface area contributed by atoms with Crippen LogP contribution in [0.1, 0.15) is 35.4 Å². The molecular weight excluding hydrogens is 338 g/mol. The van der Waals surface area contributed by atoms with Crippen LogP contribution >= 0.6 is 0 Å². The van der Waals surface area contributed by atoms with Crippen LogP contribution in [0.25, 0.3) is 0 Å². The van der Waals surface area contributed by atoms with Crippen molar-refractivity contribution >= 4 is 5.91 Å². The second kappa shape index (κ2) is 6.37. The van der Waals surface area contributed by atoms with Gasteiger partial charge in [-0.2, -0.15) is 0 Å². The Hall–Kier alpha value is -2.89. The number of hydrogen-bond donors (Lipinski definition) is 0. The van der Waals surface area contributed by atoms with E-state index in [1.165, 1.54) is 11.3 Å².